The van der Waals surface area contributed by atoms with E-state index in [4.69, 9.17) is 9.68 Å². The first-order chi connectivity index (χ1) is 9.99. The minimum Gasteiger partial charge on any atom is -0.450 e. The van der Waals surface area contributed by atoms with Crippen molar-refractivity contribution in [1.29, 1.82) is 5.26 Å². The molecule has 0 aliphatic rings. The molecule has 0 aliphatic heterocycles. The minimum atomic E-state index is -0.591. The number of carbonyl (C=O) groups excluding carboxylic acids is 1. The van der Waals surface area contributed by atoms with Gasteiger partial charge in [-0.1, -0.05) is 0 Å². The lowest BCUT2D eigenvalue weighted by Crippen LogP contribution is -2.13. The largest absolute Gasteiger partial charge is 0.450 e. The Morgan fingerprint density at radius 3 is 2.62 bits per heavy atom. The van der Waals surface area contributed by atoms with Gasteiger partial charge in [-0.2, -0.15) is 5.26 Å². The summed E-state index contributed by atoms with van der Waals surface area (Å²) in [4.78, 5) is 12.0. The third kappa shape index (κ3) is 4.15. The molecular formula is C14H7BrFIN2O2. The molecule has 1 aromatic heterocycles. The summed E-state index contributed by atoms with van der Waals surface area (Å²) < 4.78 is 19.5. The smallest absolute Gasteiger partial charge is 0.266 e. The van der Waals surface area contributed by atoms with Gasteiger partial charge in [0.1, 0.15) is 23.2 Å². The first-order valence-corrected chi connectivity index (χ1v) is 7.50. The molecule has 0 saturated carbocycles. The molecular weight excluding hydrogens is 454 g/mol. The van der Waals surface area contributed by atoms with Gasteiger partial charge in [0.2, 0.25) is 0 Å². The van der Waals surface area contributed by atoms with Crippen molar-refractivity contribution >= 4 is 56.2 Å². The number of amides is 1. The Morgan fingerprint density at radius 1 is 1.43 bits per heavy atom. The van der Waals surface area contributed by atoms with Crippen LogP contribution in [0.3, 0.4) is 0 Å². The summed E-state index contributed by atoms with van der Waals surface area (Å²) >= 11 is 5.26. The van der Waals surface area contributed by atoms with E-state index in [9.17, 15) is 9.18 Å². The first-order valence-electron chi connectivity index (χ1n) is 5.63. The Kier molecular flexibility index (Phi) is 5.14. The highest BCUT2D eigenvalue weighted by atomic mass is 127. The average Bonchev–Trinajstić information content (AvgIpc) is 2.77. The molecule has 1 N–H and O–H groups in total. The monoisotopic (exact) mass is 460 g/mol. The molecule has 1 amide bonds. The summed E-state index contributed by atoms with van der Waals surface area (Å²) in [5.41, 5.74) is 0.287. The Labute approximate surface area is 141 Å². The molecule has 2 rings (SSSR count). The standard InChI is InChI=1S/C14H7BrFIN2O2/c15-12-6-11(21-13(12)17)5-8(7-18)14(20)19-10-3-1-9(16)2-4-10/h1-6H,(H,19,20). The molecule has 0 aliphatic carbocycles. The van der Waals surface area contributed by atoms with E-state index in [1.165, 1.54) is 30.3 Å². The van der Waals surface area contributed by atoms with E-state index in [1.54, 1.807) is 6.07 Å². The van der Waals surface area contributed by atoms with E-state index in [1.807, 2.05) is 28.7 Å². The number of nitrogens with one attached hydrogen (secondary N) is 1. The molecule has 1 heterocycles. The predicted octanol–water partition coefficient (Wildman–Crippen LogP) is 4.33. The van der Waals surface area contributed by atoms with Crippen molar-refractivity contribution in [3.8, 4) is 6.07 Å². The molecule has 0 spiro atoms. The van der Waals surface area contributed by atoms with Crippen LogP contribution in [0.2, 0.25) is 0 Å². The third-order valence-corrected chi connectivity index (χ3v) is 4.55. The second-order valence-electron chi connectivity index (χ2n) is 3.90. The van der Waals surface area contributed by atoms with Gasteiger partial charge in [0.15, 0.2) is 3.77 Å². The molecule has 2 aromatic rings. The molecule has 4 nitrogen and oxygen atoms in total. The number of nitriles is 1. The number of nitrogens with zero attached hydrogens (tertiary/aromatic N) is 1. The molecule has 21 heavy (non-hydrogen) atoms. The second kappa shape index (κ2) is 6.87. The number of halogens is 3. The van der Waals surface area contributed by atoms with Crippen LogP contribution in [-0.4, -0.2) is 5.91 Å². The van der Waals surface area contributed by atoms with Gasteiger partial charge in [-0.05, 0) is 46.3 Å². The molecule has 0 bridgehead atoms. The number of hydrogen-bond acceptors (Lipinski definition) is 3. The summed E-state index contributed by atoms with van der Waals surface area (Å²) in [6.45, 7) is 0. The molecule has 7 heteroatoms. The number of carbonyl (C=O) groups is 1. The van der Waals surface area contributed by atoms with Crippen LogP contribution in [0, 0.1) is 20.9 Å². The van der Waals surface area contributed by atoms with Crippen LogP contribution in [0.25, 0.3) is 6.08 Å². The fraction of sp³-hybridized carbons (Fsp3) is 0. The van der Waals surface area contributed by atoms with Crippen LogP contribution in [-0.2, 0) is 4.79 Å². The zero-order chi connectivity index (χ0) is 15.4. The van der Waals surface area contributed by atoms with E-state index in [2.05, 4.69) is 21.2 Å². The number of anilines is 1. The quantitative estimate of drug-likeness (QED) is 0.421. The Morgan fingerprint density at radius 2 is 2.10 bits per heavy atom. The zero-order valence-corrected chi connectivity index (χ0v) is 14.1. The van der Waals surface area contributed by atoms with Gasteiger partial charge < -0.3 is 9.73 Å². The van der Waals surface area contributed by atoms with Crippen LogP contribution in [0.1, 0.15) is 5.76 Å². The van der Waals surface area contributed by atoms with Gasteiger partial charge in [0.05, 0.1) is 4.47 Å². The van der Waals surface area contributed by atoms with Gasteiger partial charge in [-0.25, -0.2) is 4.39 Å². The maximum absolute atomic E-state index is 12.8. The number of rotatable bonds is 3. The Bertz CT molecular complexity index is 728. The summed E-state index contributed by atoms with van der Waals surface area (Å²) in [6.07, 6.45) is 1.34. The Hall–Kier alpha value is -1.66. The fourth-order valence-corrected chi connectivity index (χ4v) is 2.17. The average molecular weight is 461 g/mol. The summed E-state index contributed by atoms with van der Waals surface area (Å²) in [6, 6.07) is 8.73. The van der Waals surface area contributed by atoms with Crippen molar-refractivity contribution in [2.45, 2.75) is 0 Å². The molecule has 0 unspecified atom stereocenters. The second-order valence-corrected chi connectivity index (χ2v) is 5.74. The number of benzene rings is 1. The van der Waals surface area contributed by atoms with E-state index in [0.29, 0.717) is 15.2 Å². The minimum absolute atomic E-state index is 0.114. The van der Waals surface area contributed by atoms with E-state index >= 15 is 0 Å². The van der Waals surface area contributed by atoms with Crippen molar-refractivity contribution in [2.24, 2.45) is 0 Å². The lowest BCUT2D eigenvalue weighted by atomic mass is 10.2. The lowest BCUT2D eigenvalue weighted by Gasteiger charge is -2.03. The van der Waals surface area contributed by atoms with Crippen LogP contribution < -0.4 is 5.32 Å². The molecule has 0 atom stereocenters. The topological polar surface area (TPSA) is 66.0 Å². The van der Waals surface area contributed by atoms with E-state index in [-0.39, 0.29) is 5.57 Å². The zero-order valence-electron chi connectivity index (χ0n) is 10.4. The van der Waals surface area contributed by atoms with Crippen LogP contribution in [0.5, 0.6) is 0 Å². The molecule has 0 fully saturated rings. The normalized spacial score (nSPS) is 11.0. The molecule has 0 radical (unpaired) electrons. The molecule has 1 aromatic carbocycles. The van der Waals surface area contributed by atoms with Gasteiger partial charge in [0.25, 0.3) is 5.91 Å². The SMILES string of the molecule is N#CC(=Cc1cc(Br)c(I)o1)C(=O)Nc1ccc(F)cc1. The van der Waals surface area contributed by atoms with E-state index in [0.717, 1.165) is 4.47 Å². The van der Waals surface area contributed by atoms with Crippen LogP contribution >= 0.6 is 38.5 Å². The highest BCUT2D eigenvalue weighted by Gasteiger charge is 2.12. The van der Waals surface area contributed by atoms with E-state index < -0.39 is 11.7 Å². The predicted molar refractivity (Wildman–Crippen MR) is 87.7 cm³/mol. The highest BCUT2D eigenvalue weighted by molar-refractivity contribution is 14.1. The maximum Gasteiger partial charge on any atom is 0.266 e. The van der Waals surface area contributed by atoms with Gasteiger partial charge >= 0.3 is 0 Å². The lowest BCUT2D eigenvalue weighted by molar-refractivity contribution is -0.112. The van der Waals surface area contributed by atoms with Crippen molar-refractivity contribution < 1.29 is 13.6 Å². The third-order valence-electron chi connectivity index (χ3n) is 2.42. The van der Waals surface area contributed by atoms with Crippen molar-refractivity contribution in [2.75, 3.05) is 5.32 Å². The maximum atomic E-state index is 12.8. The van der Waals surface area contributed by atoms with Crippen molar-refractivity contribution in [3.05, 3.63) is 55.7 Å². The van der Waals surface area contributed by atoms with Crippen molar-refractivity contribution in [1.82, 2.24) is 0 Å². The van der Waals surface area contributed by atoms with Crippen LogP contribution in [0.4, 0.5) is 10.1 Å². The van der Waals surface area contributed by atoms with Crippen LogP contribution in [0.15, 0.2) is 44.8 Å². The summed E-state index contributed by atoms with van der Waals surface area (Å²) in [7, 11) is 0. The first kappa shape index (κ1) is 15.7. The van der Waals surface area contributed by atoms with Crippen molar-refractivity contribution in [3.63, 3.8) is 0 Å². The highest BCUT2D eigenvalue weighted by Crippen LogP contribution is 2.24. The molecule has 106 valence electrons. The Balaban J connectivity index is 2.19. The number of hydrogen-bond donors (Lipinski definition) is 1. The fourth-order valence-electron chi connectivity index (χ4n) is 1.46. The summed E-state index contributed by atoms with van der Waals surface area (Å²) in [5, 5.41) is 11.6. The summed E-state index contributed by atoms with van der Waals surface area (Å²) in [5.74, 6) is -0.609. The van der Waals surface area contributed by atoms with Gasteiger partial charge in [0, 0.05) is 34.4 Å². The number of furan rings is 1. The molecule has 0 saturated heterocycles. The van der Waals surface area contributed by atoms with Gasteiger partial charge in [-0.15, -0.1) is 0 Å². The van der Waals surface area contributed by atoms with Gasteiger partial charge in [-0.3, -0.25) is 4.79 Å².